The third-order valence-electron chi connectivity index (χ3n) is 5.10. The molecule has 0 aliphatic rings. The van der Waals surface area contributed by atoms with Gasteiger partial charge in [-0.1, -0.05) is 76.9 Å². The number of aryl methyl sites for hydroxylation is 1. The van der Waals surface area contributed by atoms with Crippen molar-refractivity contribution in [3.05, 3.63) is 42.2 Å². The molecule has 0 N–H and O–H groups in total. The standard InChI is InChI=1S/C25H42NO2.ClH/c1-3-4-5-6-7-8-9-10-11-12-13-14-15-16-17-18-23-28-25(27)24-19-21-26(2)22-20-24;/h10-11,19-22H,3-9,12-18,23H2,1-2H3;1H/q+1;/p-1/b11-10-;. The third kappa shape index (κ3) is 16.2. The SMILES string of the molecule is CCCCCCCC/C=C\CCCCCCCCOC(=O)c1cc[n+](C)cc1.[Cl-]. The van der Waals surface area contributed by atoms with Crippen molar-refractivity contribution in [2.45, 2.75) is 96.8 Å². The fraction of sp³-hybridized carbons (Fsp3) is 0.680. The maximum absolute atomic E-state index is 11.9. The summed E-state index contributed by atoms with van der Waals surface area (Å²) in [6, 6.07) is 3.59. The van der Waals surface area contributed by atoms with Gasteiger partial charge in [-0.3, -0.25) is 0 Å². The predicted molar refractivity (Wildman–Crippen MR) is 117 cm³/mol. The maximum atomic E-state index is 11.9. The molecule has 29 heavy (non-hydrogen) atoms. The van der Waals surface area contributed by atoms with E-state index in [1.165, 1.54) is 77.0 Å². The lowest BCUT2D eigenvalue weighted by Crippen LogP contribution is -3.00. The number of ether oxygens (including phenoxy) is 1. The summed E-state index contributed by atoms with van der Waals surface area (Å²) < 4.78 is 7.23. The van der Waals surface area contributed by atoms with E-state index in [4.69, 9.17) is 4.74 Å². The van der Waals surface area contributed by atoms with Crippen molar-refractivity contribution in [2.75, 3.05) is 6.61 Å². The molecule has 166 valence electrons. The van der Waals surface area contributed by atoms with Crippen LogP contribution in [-0.2, 0) is 11.8 Å². The first-order chi connectivity index (χ1) is 13.7. The topological polar surface area (TPSA) is 30.2 Å². The van der Waals surface area contributed by atoms with E-state index in [0.717, 1.165) is 12.8 Å². The van der Waals surface area contributed by atoms with Gasteiger partial charge < -0.3 is 17.1 Å². The first-order valence-electron chi connectivity index (χ1n) is 11.5. The highest BCUT2D eigenvalue weighted by molar-refractivity contribution is 5.88. The Kier molecular flexibility index (Phi) is 19.0. The number of pyridine rings is 1. The van der Waals surface area contributed by atoms with E-state index < -0.39 is 0 Å². The van der Waals surface area contributed by atoms with Crippen LogP contribution in [0.25, 0.3) is 0 Å². The van der Waals surface area contributed by atoms with Crippen LogP contribution >= 0.6 is 0 Å². The van der Waals surface area contributed by atoms with E-state index in [1.807, 2.05) is 24.0 Å². The number of hydrogen-bond donors (Lipinski definition) is 0. The molecule has 0 saturated carbocycles. The Balaban J connectivity index is 0.00000784. The lowest BCUT2D eigenvalue weighted by atomic mass is 10.1. The number of hydrogen-bond acceptors (Lipinski definition) is 2. The molecule has 0 amide bonds. The van der Waals surface area contributed by atoms with Gasteiger partial charge in [-0.05, 0) is 32.1 Å². The molecular formula is C25H42ClNO2. The van der Waals surface area contributed by atoms with E-state index in [9.17, 15) is 4.79 Å². The molecule has 0 saturated heterocycles. The van der Waals surface area contributed by atoms with Crippen LogP contribution < -0.4 is 17.0 Å². The van der Waals surface area contributed by atoms with Gasteiger partial charge in [0.1, 0.15) is 7.05 Å². The van der Waals surface area contributed by atoms with Gasteiger partial charge in [0.05, 0.1) is 12.2 Å². The van der Waals surface area contributed by atoms with Crippen molar-refractivity contribution in [3.8, 4) is 0 Å². The minimum absolute atomic E-state index is 0. The van der Waals surface area contributed by atoms with Crippen LogP contribution in [0.3, 0.4) is 0 Å². The summed E-state index contributed by atoms with van der Waals surface area (Å²) in [5.41, 5.74) is 0.627. The zero-order valence-corrected chi connectivity index (χ0v) is 19.5. The summed E-state index contributed by atoms with van der Waals surface area (Å²) in [4.78, 5) is 11.9. The van der Waals surface area contributed by atoms with Gasteiger partial charge in [0.25, 0.3) is 0 Å². The highest BCUT2D eigenvalue weighted by Crippen LogP contribution is 2.10. The molecular weight excluding hydrogens is 382 g/mol. The van der Waals surface area contributed by atoms with E-state index >= 15 is 0 Å². The van der Waals surface area contributed by atoms with Crippen LogP contribution in [0.4, 0.5) is 0 Å². The van der Waals surface area contributed by atoms with Crippen LogP contribution in [0.15, 0.2) is 36.7 Å². The molecule has 0 aliphatic carbocycles. The van der Waals surface area contributed by atoms with Crippen LogP contribution in [-0.4, -0.2) is 12.6 Å². The summed E-state index contributed by atoms with van der Waals surface area (Å²) in [5, 5.41) is 0. The summed E-state index contributed by atoms with van der Waals surface area (Å²) in [7, 11) is 1.93. The molecule has 1 heterocycles. The molecule has 4 heteroatoms. The van der Waals surface area contributed by atoms with Crippen LogP contribution in [0.1, 0.15) is 107 Å². The number of nitrogens with zero attached hydrogens (tertiary/aromatic N) is 1. The Morgan fingerprint density at radius 1 is 0.828 bits per heavy atom. The first kappa shape index (κ1) is 27.6. The molecule has 0 aromatic carbocycles. The highest BCUT2D eigenvalue weighted by Gasteiger charge is 2.07. The fourth-order valence-electron chi connectivity index (χ4n) is 3.23. The molecule has 0 atom stereocenters. The first-order valence-corrected chi connectivity index (χ1v) is 11.5. The van der Waals surface area contributed by atoms with Gasteiger partial charge in [0.15, 0.2) is 12.4 Å². The molecule has 0 spiro atoms. The van der Waals surface area contributed by atoms with Crippen molar-refractivity contribution >= 4 is 5.97 Å². The molecule has 0 bridgehead atoms. The Morgan fingerprint density at radius 3 is 1.86 bits per heavy atom. The zero-order valence-electron chi connectivity index (χ0n) is 18.7. The predicted octanol–water partition coefficient (Wildman–Crippen LogP) is 3.71. The Labute approximate surface area is 185 Å². The number of rotatable bonds is 17. The molecule has 0 radical (unpaired) electrons. The van der Waals surface area contributed by atoms with Crippen molar-refractivity contribution in [1.82, 2.24) is 0 Å². The molecule has 0 unspecified atom stereocenters. The molecule has 1 aromatic heterocycles. The smallest absolute Gasteiger partial charge is 0.338 e. The number of carbonyl (C=O) groups is 1. The van der Waals surface area contributed by atoms with Gasteiger partial charge in [0.2, 0.25) is 0 Å². The third-order valence-corrected chi connectivity index (χ3v) is 5.10. The van der Waals surface area contributed by atoms with Gasteiger partial charge in [0, 0.05) is 12.1 Å². The lowest BCUT2D eigenvalue weighted by molar-refractivity contribution is -0.671. The summed E-state index contributed by atoms with van der Waals surface area (Å²) in [6.07, 6.45) is 26.5. The highest BCUT2D eigenvalue weighted by atomic mass is 35.5. The lowest BCUT2D eigenvalue weighted by Gasteiger charge is -2.04. The van der Waals surface area contributed by atoms with Crippen LogP contribution in [0, 0.1) is 0 Å². The van der Waals surface area contributed by atoms with Gasteiger partial charge >= 0.3 is 5.97 Å². The molecule has 1 rings (SSSR count). The average Bonchev–Trinajstić information content (AvgIpc) is 2.70. The quantitative estimate of drug-likeness (QED) is 0.165. The summed E-state index contributed by atoms with van der Waals surface area (Å²) in [6.45, 7) is 2.80. The number of aromatic nitrogens is 1. The second-order valence-electron chi connectivity index (χ2n) is 7.83. The molecule has 0 aliphatic heterocycles. The number of esters is 1. The minimum atomic E-state index is -0.214. The molecule has 0 fully saturated rings. The monoisotopic (exact) mass is 423 g/mol. The number of carbonyl (C=O) groups excluding carboxylic acids is 1. The largest absolute Gasteiger partial charge is 1.00 e. The zero-order chi connectivity index (χ0) is 20.3. The van der Waals surface area contributed by atoms with E-state index in [-0.39, 0.29) is 18.4 Å². The Hall–Kier alpha value is -1.35. The van der Waals surface area contributed by atoms with Gasteiger partial charge in [-0.15, -0.1) is 0 Å². The van der Waals surface area contributed by atoms with Crippen molar-refractivity contribution in [3.63, 3.8) is 0 Å². The average molecular weight is 424 g/mol. The minimum Gasteiger partial charge on any atom is -1.00 e. The Morgan fingerprint density at radius 2 is 1.31 bits per heavy atom. The summed E-state index contributed by atoms with van der Waals surface area (Å²) >= 11 is 0. The van der Waals surface area contributed by atoms with E-state index in [0.29, 0.717) is 12.2 Å². The van der Waals surface area contributed by atoms with Gasteiger partial charge in [-0.2, -0.15) is 0 Å². The Bertz CT molecular complexity index is 528. The fourth-order valence-corrected chi connectivity index (χ4v) is 3.23. The van der Waals surface area contributed by atoms with Crippen molar-refractivity contribution in [1.29, 1.82) is 0 Å². The van der Waals surface area contributed by atoms with E-state index in [1.54, 1.807) is 12.1 Å². The van der Waals surface area contributed by atoms with Crippen molar-refractivity contribution < 1.29 is 26.5 Å². The molecule has 1 aromatic rings. The number of unbranched alkanes of at least 4 members (excludes halogenated alkanes) is 12. The van der Waals surface area contributed by atoms with Crippen LogP contribution in [0.2, 0.25) is 0 Å². The summed E-state index contributed by atoms with van der Waals surface area (Å²) in [5.74, 6) is -0.214. The van der Waals surface area contributed by atoms with Crippen LogP contribution in [0.5, 0.6) is 0 Å². The van der Waals surface area contributed by atoms with Gasteiger partial charge in [-0.25, -0.2) is 9.36 Å². The normalized spacial score (nSPS) is 10.8. The van der Waals surface area contributed by atoms with E-state index in [2.05, 4.69) is 19.1 Å². The van der Waals surface area contributed by atoms with Crippen molar-refractivity contribution in [2.24, 2.45) is 7.05 Å². The number of allylic oxidation sites excluding steroid dienone is 2. The molecule has 3 nitrogen and oxygen atoms in total. The second-order valence-corrected chi connectivity index (χ2v) is 7.83. The number of halogens is 1. The maximum Gasteiger partial charge on any atom is 0.338 e. The second kappa shape index (κ2) is 19.9.